The molecular formula is C20H24N2O3. The third-order valence-corrected chi connectivity index (χ3v) is 3.89. The molecule has 0 spiro atoms. The molecule has 0 aliphatic heterocycles. The van der Waals surface area contributed by atoms with Crippen LogP contribution in [0.15, 0.2) is 48.5 Å². The molecule has 5 heteroatoms. The van der Waals surface area contributed by atoms with Crippen molar-refractivity contribution in [1.82, 2.24) is 5.32 Å². The summed E-state index contributed by atoms with van der Waals surface area (Å²) < 4.78 is 5.16. The number of ether oxygens (including phenoxy) is 1. The fraction of sp³-hybridized carbons (Fsp3) is 0.300. The van der Waals surface area contributed by atoms with Gasteiger partial charge in [-0.15, -0.1) is 0 Å². The molecule has 0 radical (unpaired) electrons. The predicted molar refractivity (Wildman–Crippen MR) is 98.9 cm³/mol. The zero-order valence-corrected chi connectivity index (χ0v) is 15.0. The van der Waals surface area contributed by atoms with Gasteiger partial charge in [0.15, 0.2) is 0 Å². The van der Waals surface area contributed by atoms with Gasteiger partial charge in [0.1, 0.15) is 11.8 Å². The van der Waals surface area contributed by atoms with Gasteiger partial charge in [0.2, 0.25) is 5.91 Å². The van der Waals surface area contributed by atoms with Crippen LogP contribution in [-0.4, -0.2) is 25.0 Å². The zero-order valence-electron chi connectivity index (χ0n) is 15.0. The van der Waals surface area contributed by atoms with Crippen LogP contribution in [0.25, 0.3) is 0 Å². The fourth-order valence-corrected chi connectivity index (χ4v) is 2.39. The minimum absolute atomic E-state index is 0.0555. The van der Waals surface area contributed by atoms with Gasteiger partial charge in [0.05, 0.1) is 7.11 Å². The number of rotatable bonds is 6. The quantitative estimate of drug-likeness (QED) is 0.847. The second-order valence-electron chi connectivity index (χ2n) is 6.28. The number of aryl methyl sites for hydroxylation is 1. The minimum atomic E-state index is -0.639. The molecule has 2 aromatic rings. The Labute approximate surface area is 148 Å². The van der Waals surface area contributed by atoms with Gasteiger partial charge >= 0.3 is 0 Å². The van der Waals surface area contributed by atoms with Crippen molar-refractivity contribution in [2.24, 2.45) is 5.92 Å². The van der Waals surface area contributed by atoms with E-state index in [0.717, 1.165) is 5.56 Å². The monoisotopic (exact) mass is 340 g/mol. The summed E-state index contributed by atoms with van der Waals surface area (Å²) in [6.45, 7) is 5.75. The standard InChI is InChI=1S/C20H24N2O3/c1-13(2)18(22-19(23)15-10-8-14(3)9-11-15)20(24)21-16-6-5-7-17(12-16)25-4/h5-13,18H,1-4H3,(H,21,24)(H,22,23)/t18-/m0/s1. The molecule has 0 saturated carbocycles. The van der Waals surface area contributed by atoms with E-state index in [-0.39, 0.29) is 17.7 Å². The number of benzene rings is 2. The molecule has 0 heterocycles. The molecule has 25 heavy (non-hydrogen) atoms. The van der Waals surface area contributed by atoms with Crippen LogP contribution in [0.1, 0.15) is 29.8 Å². The number of methoxy groups -OCH3 is 1. The first kappa shape index (κ1) is 18.5. The Balaban J connectivity index is 2.09. The van der Waals surface area contributed by atoms with E-state index in [4.69, 9.17) is 4.74 Å². The van der Waals surface area contributed by atoms with Crippen molar-refractivity contribution in [3.8, 4) is 5.75 Å². The molecule has 2 aromatic carbocycles. The number of anilines is 1. The third-order valence-electron chi connectivity index (χ3n) is 3.89. The molecule has 0 unspecified atom stereocenters. The van der Waals surface area contributed by atoms with Crippen molar-refractivity contribution < 1.29 is 14.3 Å². The first-order valence-corrected chi connectivity index (χ1v) is 8.23. The predicted octanol–water partition coefficient (Wildman–Crippen LogP) is 3.40. The molecule has 0 fully saturated rings. The fourth-order valence-electron chi connectivity index (χ4n) is 2.39. The van der Waals surface area contributed by atoms with Crippen molar-refractivity contribution in [2.45, 2.75) is 26.8 Å². The summed E-state index contributed by atoms with van der Waals surface area (Å²) >= 11 is 0. The molecule has 0 aromatic heterocycles. The number of nitrogens with one attached hydrogen (secondary N) is 2. The highest BCUT2D eigenvalue weighted by atomic mass is 16.5. The maximum atomic E-state index is 12.6. The summed E-state index contributed by atoms with van der Waals surface area (Å²) in [4.78, 5) is 25.0. The van der Waals surface area contributed by atoms with E-state index in [2.05, 4.69) is 10.6 Å². The molecule has 132 valence electrons. The summed E-state index contributed by atoms with van der Waals surface area (Å²) in [6.07, 6.45) is 0. The molecule has 0 aliphatic carbocycles. The summed E-state index contributed by atoms with van der Waals surface area (Å²) in [5, 5.41) is 5.65. The lowest BCUT2D eigenvalue weighted by atomic mass is 10.0. The average Bonchev–Trinajstić information content (AvgIpc) is 2.59. The summed E-state index contributed by atoms with van der Waals surface area (Å²) in [5.41, 5.74) is 2.23. The first-order valence-electron chi connectivity index (χ1n) is 8.23. The van der Waals surface area contributed by atoms with Crippen LogP contribution in [-0.2, 0) is 4.79 Å². The largest absolute Gasteiger partial charge is 0.497 e. The number of amides is 2. The zero-order chi connectivity index (χ0) is 18.4. The number of carbonyl (C=O) groups excluding carboxylic acids is 2. The summed E-state index contributed by atoms with van der Waals surface area (Å²) in [6, 6.07) is 13.7. The molecule has 2 N–H and O–H groups in total. The first-order chi connectivity index (χ1) is 11.9. The van der Waals surface area contributed by atoms with Crippen LogP contribution in [0.3, 0.4) is 0 Å². The van der Waals surface area contributed by atoms with Crippen LogP contribution in [0.5, 0.6) is 5.75 Å². The Hall–Kier alpha value is -2.82. The van der Waals surface area contributed by atoms with Gasteiger partial charge in [-0.2, -0.15) is 0 Å². The van der Waals surface area contributed by atoms with E-state index in [9.17, 15) is 9.59 Å². The van der Waals surface area contributed by atoms with Gasteiger partial charge in [0, 0.05) is 17.3 Å². The second-order valence-corrected chi connectivity index (χ2v) is 6.28. The average molecular weight is 340 g/mol. The maximum absolute atomic E-state index is 12.6. The van der Waals surface area contributed by atoms with E-state index in [1.165, 1.54) is 0 Å². The van der Waals surface area contributed by atoms with Gasteiger partial charge < -0.3 is 15.4 Å². The Morgan fingerprint density at radius 1 is 1.04 bits per heavy atom. The van der Waals surface area contributed by atoms with Crippen molar-refractivity contribution in [3.63, 3.8) is 0 Å². The summed E-state index contributed by atoms with van der Waals surface area (Å²) in [7, 11) is 1.57. The summed E-state index contributed by atoms with van der Waals surface area (Å²) in [5.74, 6) is 0.0748. The highest BCUT2D eigenvalue weighted by Gasteiger charge is 2.24. The van der Waals surface area contributed by atoms with Crippen LogP contribution in [0.4, 0.5) is 5.69 Å². The third kappa shape index (κ3) is 5.08. The highest BCUT2D eigenvalue weighted by Crippen LogP contribution is 2.17. The van der Waals surface area contributed by atoms with Crippen molar-refractivity contribution >= 4 is 17.5 Å². The Morgan fingerprint density at radius 2 is 1.72 bits per heavy atom. The highest BCUT2D eigenvalue weighted by molar-refractivity contribution is 6.01. The van der Waals surface area contributed by atoms with Crippen LogP contribution in [0, 0.1) is 12.8 Å². The molecule has 0 bridgehead atoms. The lowest BCUT2D eigenvalue weighted by molar-refractivity contribution is -0.118. The van der Waals surface area contributed by atoms with Crippen molar-refractivity contribution in [2.75, 3.05) is 12.4 Å². The van der Waals surface area contributed by atoms with E-state index >= 15 is 0 Å². The lowest BCUT2D eigenvalue weighted by Crippen LogP contribution is -2.47. The molecular weight excluding hydrogens is 316 g/mol. The van der Waals surface area contributed by atoms with Gasteiger partial charge in [-0.05, 0) is 37.1 Å². The Kier molecular flexibility index (Phi) is 6.17. The second kappa shape index (κ2) is 8.33. The molecule has 0 aliphatic rings. The van der Waals surface area contributed by atoms with Gasteiger partial charge in [-0.3, -0.25) is 9.59 Å². The minimum Gasteiger partial charge on any atom is -0.497 e. The van der Waals surface area contributed by atoms with E-state index in [1.54, 1.807) is 43.5 Å². The van der Waals surface area contributed by atoms with E-state index < -0.39 is 6.04 Å². The van der Waals surface area contributed by atoms with E-state index in [0.29, 0.717) is 17.0 Å². The van der Waals surface area contributed by atoms with Crippen LogP contribution < -0.4 is 15.4 Å². The van der Waals surface area contributed by atoms with Gasteiger partial charge in [-0.25, -0.2) is 0 Å². The number of hydrogen-bond acceptors (Lipinski definition) is 3. The van der Waals surface area contributed by atoms with Crippen molar-refractivity contribution in [1.29, 1.82) is 0 Å². The van der Waals surface area contributed by atoms with Crippen LogP contribution >= 0.6 is 0 Å². The topological polar surface area (TPSA) is 67.4 Å². The van der Waals surface area contributed by atoms with Gasteiger partial charge in [0.25, 0.3) is 5.91 Å². The molecule has 5 nitrogen and oxygen atoms in total. The van der Waals surface area contributed by atoms with E-state index in [1.807, 2.05) is 32.9 Å². The smallest absolute Gasteiger partial charge is 0.251 e. The van der Waals surface area contributed by atoms with Gasteiger partial charge in [-0.1, -0.05) is 37.6 Å². The van der Waals surface area contributed by atoms with Crippen molar-refractivity contribution in [3.05, 3.63) is 59.7 Å². The maximum Gasteiger partial charge on any atom is 0.251 e. The Bertz CT molecular complexity index is 739. The number of hydrogen-bond donors (Lipinski definition) is 2. The molecule has 1 atom stereocenters. The number of carbonyl (C=O) groups is 2. The molecule has 2 rings (SSSR count). The molecule has 0 saturated heterocycles. The van der Waals surface area contributed by atoms with Crippen LogP contribution in [0.2, 0.25) is 0 Å². The SMILES string of the molecule is COc1cccc(NC(=O)[C@@H](NC(=O)c2ccc(C)cc2)C(C)C)c1. The molecule has 2 amide bonds. The Morgan fingerprint density at radius 3 is 2.32 bits per heavy atom. The normalized spacial score (nSPS) is 11.7. The lowest BCUT2D eigenvalue weighted by Gasteiger charge is -2.22.